The van der Waals surface area contributed by atoms with E-state index >= 15 is 0 Å². The van der Waals surface area contributed by atoms with Crippen LogP contribution in [0.25, 0.3) is 0 Å². The van der Waals surface area contributed by atoms with E-state index in [2.05, 4.69) is 59.8 Å². The number of hydrogen-bond donors (Lipinski definition) is 0. The molecule has 3 nitrogen and oxygen atoms in total. The van der Waals surface area contributed by atoms with Crippen LogP contribution >= 0.6 is 0 Å². The summed E-state index contributed by atoms with van der Waals surface area (Å²) in [5.41, 5.74) is 0.832. The van der Waals surface area contributed by atoms with Crippen molar-refractivity contribution in [3.8, 4) is 5.75 Å². The van der Waals surface area contributed by atoms with E-state index in [1.54, 1.807) is 6.92 Å². The van der Waals surface area contributed by atoms with E-state index in [4.69, 9.17) is 9.16 Å². The van der Waals surface area contributed by atoms with Crippen LogP contribution < -0.4 is 4.43 Å². The fourth-order valence-electron chi connectivity index (χ4n) is 1.97. The van der Waals surface area contributed by atoms with Gasteiger partial charge >= 0.3 is 5.97 Å². The molecule has 0 aliphatic rings. The Hall–Kier alpha value is -1.55. The van der Waals surface area contributed by atoms with E-state index in [1.807, 2.05) is 18.2 Å². The second-order valence-electron chi connectivity index (χ2n) is 8.20. The first kappa shape index (κ1) is 20.5. The van der Waals surface area contributed by atoms with Gasteiger partial charge in [-0.25, -0.2) is 4.79 Å². The Morgan fingerprint density at radius 1 is 1.17 bits per heavy atom. The Balaban J connectivity index is 3.01. The third-order valence-corrected chi connectivity index (χ3v) is 9.04. The molecule has 0 unspecified atom stereocenters. The summed E-state index contributed by atoms with van der Waals surface area (Å²) in [6, 6.07) is 8.16. The largest absolute Gasteiger partial charge is 0.543 e. The lowest BCUT2D eigenvalue weighted by Crippen LogP contribution is -2.43. The molecule has 0 aromatic heterocycles. The molecule has 0 saturated heterocycles. The zero-order chi connectivity index (χ0) is 18.6. The first-order valence-corrected chi connectivity index (χ1v) is 11.5. The zero-order valence-electron chi connectivity index (χ0n) is 16.4. The molecule has 4 heteroatoms. The second kappa shape index (κ2) is 7.56. The smallest absolute Gasteiger partial charge is 0.330 e. The van der Waals surface area contributed by atoms with Gasteiger partial charge in [-0.1, -0.05) is 52.8 Å². The molecule has 0 spiro atoms. The Morgan fingerprint density at radius 2 is 1.79 bits per heavy atom. The summed E-state index contributed by atoms with van der Waals surface area (Å²) >= 11 is 0. The maximum atomic E-state index is 11.6. The van der Waals surface area contributed by atoms with Gasteiger partial charge in [-0.3, -0.25) is 0 Å². The maximum Gasteiger partial charge on any atom is 0.330 e. The standard InChI is InChI=1S/C20H32O3Si/c1-9-22-18(21)13-14-20(5,6)16-11-10-12-17(15-16)23-24(7,8)19(2,3)4/h10-15H,9H2,1-8H3/b14-13+. The van der Waals surface area contributed by atoms with Crippen molar-refractivity contribution in [2.24, 2.45) is 0 Å². The van der Waals surface area contributed by atoms with Crippen LogP contribution in [0.15, 0.2) is 36.4 Å². The number of esters is 1. The number of carbonyl (C=O) groups is 1. The molecule has 1 aromatic rings. The van der Waals surface area contributed by atoms with Gasteiger partial charge in [0.2, 0.25) is 8.32 Å². The predicted molar refractivity (Wildman–Crippen MR) is 103 cm³/mol. The lowest BCUT2D eigenvalue weighted by molar-refractivity contribution is -0.137. The normalized spacial score (nSPS) is 13.2. The highest BCUT2D eigenvalue weighted by atomic mass is 28.4. The van der Waals surface area contributed by atoms with Crippen molar-refractivity contribution in [1.82, 2.24) is 0 Å². The highest BCUT2D eigenvalue weighted by Crippen LogP contribution is 2.38. The van der Waals surface area contributed by atoms with Crippen LogP contribution in [0, 0.1) is 0 Å². The van der Waals surface area contributed by atoms with Crippen LogP contribution in [0.5, 0.6) is 5.75 Å². The topological polar surface area (TPSA) is 35.5 Å². The van der Waals surface area contributed by atoms with E-state index in [0.29, 0.717) is 6.61 Å². The van der Waals surface area contributed by atoms with Crippen LogP contribution in [0.1, 0.15) is 47.1 Å². The van der Waals surface area contributed by atoms with E-state index in [9.17, 15) is 4.79 Å². The lowest BCUT2D eigenvalue weighted by atomic mass is 9.84. The summed E-state index contributed by atoms with van der Waals surface area (Å²) in [4.78, 5) is 11.6. The SMILES string of the molecule is CCOC(=O)/C=C/C(C)(C)c1cccc(O[Si](C)(C)C(C)(C)C)c1. The summed E-state index contributed by atoms with van der Waals surface area (Å²) in [5.74, 6) is 0.593. The molecule has 0 N–H and O–H groups in total. The Morgan fingerprint density at radius 3 is 2.33 bits per heavy atom. The van der Waals surface area contributed by atoms with E-state index < -0.39 is 8.32 Å². The average molecular weight is 349 g/mol. The third kappa shape index (κ3) is 5.51. The predicted octanol–water partition coefficient (Wildman–Crippen LogP) is 5.47. The number of rotatable bonds is 6. The van der Waals surface area contributed by atoms with Crippen molar-refractivity contribution in [3.05, 3.63) is 42.0 Å². The van der Waals surface area contributed by atoms with Gasteiger partial charge in [0.1, 0.15) is 5.75 Å². The minimum atomic E-state index is -1.87. The van der Waals surface area contributed by atoms with Crippen molar-refractivity contribution in [3.63, 3.8) is 0 Å². The van der Waals surface area contributed by atoms with Gasteiger partial charge in [0.05, 0.1) is 6.61 Å². The highest BCUT2D eigenvalue weighted by Gasteiger charge is 2.39. The zero-order valence-corrected chi connectivity index (χ0v) is 17.4. The number of allylic oxidation sites excluding steroid dienone is 1. The van der Waals surface area contributed by atoms with Crippen molar-refractivity contribution < 1.29 is 14.0 Å². The molecule has 0 bridgehead atoms. The Labute approximate surface area is 148 Å². The third-order valence-electron chi connectivity index (χ3n) is 4.68. The molecule has 0 radical (unpaired) electrons. The van der Waals surface area contributed by atoms with Crippen molar-refractivity contribution in [2.45, 2.75) is 65.1 Å². The van der Waals surface area contributed by atoms with Gasteiger partial charge in [-0.15, -0.1) is 0 Å². The van der Waals surface area contributed by atoms with Crippen LogP contribution in [0.2, 0.25) is 18.1 Å². The van der Waals surface area contributed by atoms with E-state index in [0.717, 1.165) is 11.3 Å². The van der Waals surface area contributed by atoms with Gasteiger partial charge in [0.25, 0.3) is 0 Å². The molecule has 0 heterocycles. The van der Waals surface area contributed by atoms with Gasteiger partial charge in [0.15, 0.2) is 0 Å². The van der Waals surface area contributed by atoms with Crippen molar-refractivity contribution in [1.29, 1.82) is 0 Å². The second-order valence-corrected chi connectivity index (χ2v) is 12.9. The average Bonchev–Trinajstić information content (AvgIpc) is 2.44. The molecule has 0 fully saturated rings. The van der Waals surface area contributed by atoms with Crippen LogP contribution in [0.4, 0.5) is 0 Å². The quantitative estimate of drug-likeness (QED) is 0.388. The molecule has 0 aliphatic heterocycles. The van der Waals surface area contributed by atoms with E-state index in [-0.39, 0.29) is 16.4 Å². The molecule has 1 aromatic carbocycles. The first-order chi connectivity index (χ1) is 10.9. The molecule has 24 heavy (non-hydrogen) atoms. The molecular weight excluding hydrogens is 316 g/mol. The molecule has 0 atom stereocenters. The van der Waals surface area contributed by atoms with Crippen molar-refractivity contribution in [2.75, 3.05) is 6.61 Å². The Kier molecular flexibility index (Phi) is 6.45. The maximum absolute atomic E-state index is 11.6. The molecule has 1 rings (SSSR count). The van der Waals surface area contributed by atoms with Crippen LogP contribution in [0.3, 0.4) is 0 Å². The molecule has 0 aliphatic carbocycles. The minimum Gasteiger partial charge on any atom is -0.543 e. The lowest BCUT2D eigenvalue weighted by Gasteiger charge is -2.36. The van der Waals surface area contributed by atoms with Gasteiger partial charge in [-0.2, -0.15) is 0 Å². The van der Waals surface area contributed by atoms with Crippen molar-refractivity contribution >= 4 is 14.3 Å². The molecule has 134 valence electrons. The fraction of sp³-hybridized carbons (Fsp3) is 0.550. The van der Waals surface area contributed by atoms with E-state index in [1.165, 1.54) is 6.08 Å². The minimum absolute atomic E-state index is 0.155. The number of benzene rings is 1. The molecular formula is C20H32O3Si. The highest BCUT2D eigenvalue weighted by molar-refractivity contribution is 6.74. The van der Waals surface area contributed by atoms with Crippen LogP contribution in [-0.2, 0) is 14.9 Å². The summed E-state index contributed by atoms with van der Waals surface area (Å²) < 4.78 is 11.3. The fourth-order valence-corrected chi connectivity index (χ4v) is 2.99. The number of ether oxygens (including phenoxy) is 1. The van der Waals surface area contributed by atoms with Gasteiger partial charge < -0.3 is 9.16 Å². The number of carbonyl (C=O) groups excluding carboxylic acids is 1. The van der Waals surface area contributed by atoms with Crippen LogP contribution in [-0.4, -0.2) is 20.9 Å². The summed E-state index contributed by atoms with van der Waals surface area (Å²) in [6.45, 7) is 17.5. The number of hydrogen-bond acceptors (Lipinski definition) is 3. The summed E-state index contributed by atoms with van der Waals surface area (Å²) in [7, 11) is -1.87. The van der Waals surface area contributed by atoms with Gasteiger partial charge in [-0.05, 0) is 42.8 Å². The summed E-state index contributed by atoms with van der Waals surface area (Å²) in [6.07, 6.45) is 3.39. The summed E-state index contributed by atoms with van der Waals surface area (Å²) in [5, 5.41) is 0.155. The first-order valence-electron chi connectivity index (χ1n) is 8.54. The Bertz CT molecular complexity index is 595. The monoisotopic (exact) mass is 348 g/mol. The molecule has 0 amide bonds. The molecule has 0 saturated carbocycles. The van der Waals surface area contributed by atoms with Gasteiger partial charge in [0, 0.05) is 11.5 Å².